The zero-order chi connectivity index (χ0) is 7.68. The van der Waals surface area contributed by atoms with Crippen LogP contribution in [0.3, 0.4) is 0 Å². The highest BCUT2D eigenvalue weighted by atomic mass is 15.1. The number of rotatable bonds is 2. The Bertz CT molecular complexity index is 255. The lowest BCUT2D eigenvalue weighted by Crippen LogP contribution is -2.03. The third-order valence-electron chi connectivity index (χ3n) is 1.70. The highest BCUT2D eigenvalue weighted by Gasteiger charge is 2.20. The molecular formula is C8H11N3. The minimum absolute atomic E-state index is 0.579. The number of nitrogens with one attached hydrogen (secondary N) is 1. The largest absolute Gasteiger partial charge is 0.384 e. The fourth-order valence-electron chi connectivity index (χ4n) is 0.969. The number of nitrogens with zero attached hydrogens (tertiary/aromatic N) is 1. The summed E-state index contributed by atoms with van der Waals surface area (Å²) in [7, 11) is 0. The van der Waals surface area contributed by atoms with Crippen molar-refractivity contribution in [1.29, 1.82) is 0 Å². The van der Waals surface area contributed by atoms with Crippen molar-refractivity contribution in [3.8, 4) is 0 Å². The molecule has 0 bridgehead atoms. The molecule has 2 rings (SSSR count). The average molecular weight is 149 g/mol. The SMILES string of the molecule is Nc1cccc(NC2CC2)n1. The van der Waals surface area contributed by atoms with E-state index in [9.17, 15) is 0 Å². The van der Waals surface area contributed by atoms with Crippen LogP contribution in [0.4, 0.5) is 11.6 Å². The van der Waals surface area contributed by atoms with Crippen LogP contribution in [0.25, 0.3) is 0 Å². The molecule has 0 unspecified atom stereocenters. The van der Waals surface area contributed by atoms with Gasteiger partial charge in [0.15, 0.2) is 0 Å². The van der Waals surface area contributed by atoms with Crippen molar-refractivity contribution in [1.82, 2.24) is 4.98 Å². The maximum Gasteiger partial charge on any atom is 0.128 e. The number of anilines is 2. The van der Waals surface area contributed by atoms with Crippen molar-refractivity contribution in [3.63, 3.8) is 0 Å². The first-order valence-corrected chi connectivity index (χ1v) is 3.84. The summed E-state index contributed by atoms with van der Waals surface area (Å²) in [5, 5.41) is 3.27. The van der Waals surface area contributed by atoms with Gasteiger partial charge in [0, 0.05) is 6.04 Å². The highest BCUT2D eigenvalue weighted by molar-refractivity contribution is 5.43. The Hall–Kier alpha value is -1.25. The molecule has 1 heterocycles. The van der Waals surface area contributed by atoms with Crippen LogP contribution in [0.2, 0.25) is 0 Å². The topological polar surface area (TPSA) is 50.9 Å². The maximum absolute atomic E-state index is 5.50. The predicted molar refractivity (Wildman–Crippen MR) is 45.3 cm³/mol. The summed E-state index contributed by atoms with van der Waals surface area (Å²) < 4.78 is 0. The van der Waals surface area contributed by atoms with E-state index in [0.29, 0.717) is 11.9 Å². The second kappa shape index (κ2) is 2.42. The third kappa shape index (κ3) is 1.61. The molecule has 3 heteroatoms. The van der Waals surface area contributed by atoms with E-state index < -0.39 is 0 Å². The molecule has 3 N–H and O–H groups in total. The molecule has 0 amide bonds. The molecule has 0 aromatic carbocycles. The number of nitrogen functional groups attached to an aromatic ring is 1. The normalized spacial score (nSPS) is 16.4. The van der Waals surface area contributed by atoms with Crippen molar-refractivity contribution in [2.24, 2.45) is 0 Å². The molecule has 0 atom stereocenters. The van der Waals surface area contributed by atoms with E-state index in [1.54, 1.807) is 6.07 Å². The zero-order valence-corrected chi connectivity index (χ0v) is 6.25. The minimum atomic E-state index is 0.579. The number of aromatic nitrogens is 1. The Labute approximate surface area is 65.6 Å². The molecule has 0 radical (unpaired) electrons. The van der Waals surface area contributed by atoms with Crippen LogP contribution in [-0.2, 0) is 0 Å². The van der Waals surface area contributed by atoms with Gasteiger partial charge in [-0.3, -0.25) is 0 Å². The lowest BCUT2D eigenvalue weighted by molar-refractivity contribution is 1.12. The Morgan fingerprint density at radius 3 is 2.91 bits per heavy atom. The minimum Gasteiger partial charge on any atom is -0.384 e. The molecule has 1 saturated carbocycles. The quantitative estimate of drug-likeness (QED) is 0.665. The molecule has 1 aliphatic carbocycles. The zero-order valence-electron chi connectivity index (χ0n) is 6.25. The van der Waals surface area contributed by atoms with Crippen LogP contribution in [-0.4, -0.2) is 11.0 Å². The van der Waals surface area contributed by atoms with E-state index in [4.69, 9.17) is 5.73 Å². The summed E-state index contributed by atoms with van der Waals surface area (Å²) in [6.45, 7) is 0. The van der Waals surface area contributed by atoms with Gasteiger partial charge in [0.25, 0.3) is 0 Å². The number of hydrogen-bond acceptors (Lipinski definition) is 3. The van der Waals surface area contributed by atoms with Crippen molar-refractivity contribution in [3.05, 3.63) is 18.2 Å². The van der Waals surface area contributed by atoms with Crippen molar-refractivity contribution in [2.75, 3.05) is 11.1 Å². The van der Waals surface area contributed by atoms with Crippen molar-refractivity contribution in [2.45, 2.75) is 18.9 Å². The monoisotopic (exact) mass is 149 g/mol. The number of pyridine rings is 1. The standard InChI is InChI=1S/C8H11N3/c9-7-2-1-3-8(11-7)10-6-4-5-6/h1-3,6H,4-5H2,(H3,9,10,11). The summed E-state index contributed by atoms with van der Waals surface area (Å²) in [6.07, 6.45) is 2.52. The van der Waals surface area contributed by atoms with Crippen LogP contribution in [0, 0.1) is 0 Å². The van der Waals surface area contributed by atoms with E-state index >= 15 is 0 Å². The smallest absolute Gasteiger partial charge is 0.128 e. The highest BCUT2D eigenvalue weighted by Crippen LogP contribution is 2.23. The van der Waals surface area contributed by atoms with Gasteiger partial charge in [-0.05, 0) is 25.0 Å². The first-order chi connectivity index (χ1) is 5.34. The van der Waals surface area contributed by atoms with Gasteiger partial charge in [0.1, 0.15) is 11.6 Å². The fraction of sp³-hybridized carbons (Fsp3) is 0.375. The van der Waals surface area contributed by atoms with E-state index in [0.717, 1.165) is 5.82 Å². The van der Waals surface area contributed by atoms with Gasteiger partial charge in [-0.1, -0.05) is 6.07 Å². The molecule has 1 aromatic heterocycles. The third-order valence-corrected chi connectivity index (χ3v) is 1.70. The van der Waals surface area contributed by atoms with Gasteiger partial charge in [-0.15, -0.1) is 0 Å². The van der Waals surface area contributed by atoms with Gasteiger partial charge >= 0.3 is 0 Å². The molecule has 3 nitrogen and oxygen atoms in total. The molecule has 58 valence electrons. The second-order valence-electron chi connectivity index (χ2n) is 2.87. The van der Waals surface area contributed by atoms with Gasteiger partial charge in [0.05, 0.1) is 0 Å². The molecule has 1 fully saturated rings. The van der Waals surface area contributed by atoms with Crippen LogP contribution in [0.1, 0.15) is 12.8 Å². The van der Waals surface area contributed by atoms with Crippen molar-refractivity contribution < 1.29 is 0 Å². The van der Waals surface area contributed by atoms with Gasteiger partial charge < -0.3 is 11.1 Å². The molecule has 0 aliphatic heterocycles. The Kier molecular flexibility index (Phi) is 1.42. The predicted octanol–water partition coefficient (Wildman–Crippen LogP) is 1.24. The Balaban J connectivity index is 2.10. The maximum atomic E-state index is 5.50. The van der Waals surface area contributed by atoms with Crippen LogP contribution in [0.15, 0.2) is 18.2 Å². The van der Waals surface area contributed by atoms with Gasteiger partial charge in [-0.2, -0.15) is 0 Å². The van der Waals surface area contributed by atoms with E-state index in [2.05, 4.69) is 10.3 Å². The molecular weight excluding hydrogens is 138 g/mol. The molecule has 0 spiro atoms. The Morgan fingerprint density at radius 1 is 1.45 bits per heavy atom. The Morgan fingerprint density at radius 2 is 2.27 bits per heavy atom. The van der Waals surface area contributed by atoms with Crippen LogP contribution >= 0.6 is 0 Å². The molecule has 1 aliphatic rings. The van der Waals surface area contributed by atoms with E-state index in [1.807, 2.05) is 12.1 Å². The average Bonchev–Trinajstić information content (AvgIpc) is 2.71. The number of hydrogen-bond donors (Lipinski definition) is 2. The lowest BCUT2D eigenvalue weighted by Gasteiger charge is -2.02. The van der Waals surface area contributed by atoms with Gasteiger partial charge in [-0.25, -0.2) is 4.98 Å². The fourth-order valence-corrected chi connectivity index (χ4v) is 0.969. The second-order valence-corrected chi connectivity index (χ2v) is 2.87. The van der Waals surface area contributed by atoms with Crippen molar-refractivity contribution >= 4 is 11.6 Å². The first kappa shape index (κ1) is 6.46. The summed E-state index contributed by atoms with van der Waals surface area (Å²) in [4.78, 5) is 4.12. The van der Waals surface area contributed by atoms with Gasteiger partial charge in [0.2, 0.25) is 0 Å². The molecule has 0 saturated heterocycles. The number of nitrogens with two attached hydrogens (primary N) is 1. The van der Waals surface area contributed by atoms with Crippen LogP contribution < -0.4 is 11.1 Å². The summed E-state index contributed by atoms with van der Waals surface area (Å²) in [5.74, 6) is 1.48. The molecule has 11 heavy (non-hydrogen) atoms. The van der Waals surface area contributed by atoms with Crippen LogP contribution in [0.5, 0.6) is 0 Å². The molecule has 1 aromatic rings. The first-order valence-electron chi connectivity index (χ1n) is 3.84. The summed E-state index contributed by atoms with van der Waals surface area (Å²) in [5.41, 5.74) is 5.50. The van der Waals surface area contributed by atoms with E-state index in [-0.39, 0.29) is 0 Å². The summed E-state index contributed by atoms with van der Waals surface area (Å²) >= 11 is 0. The van der Waals surface area contributed by atoms with E-state index in [1.165, 1.54) is 12.8 Å². The lowest BCUT2D eigenvalue weighted by atomic mass is 10.4. The summed E-state index contributed by atoms with van der Waals surface area (Å²) in [6, 6.07) is 6.28.